The second-order valence-electron chi connectivity index (χ2n) is 5.35. The molecule has 0 fully saturated rings. The molecule has 0 spiro atoms. The molecule has 0 bridgehead atoms. The van der Waals surface area contributed by atoms with Crippen molar-refractivity contribution in [2.24, 2.45) is 0 Å². The SMILES string of the molecule is O=c1[nH]c2ccc(S(=O)(=O)Nc3ccc4c(c3)B(O)OC4)cc2o1. The molecule has 0 radical (unpaired) electrons. The number of aromatic amines is 1. The number of rotatable bonds is 3. The van der Waals surface area contributed by atoms with Gasteiger partial charge in [-0.3, -0.25) is 9.71 Å². The molecule has 0 amide bonds. The molecule has 0 atom stereocenters. The van der Waals surface area contributed by atoms with E-state index in [9.17, 15) is 18.2 Å². The molecule has 0 unspecified atom stereocenters. The lowest BCUT2D eigenvalue weighted by atomic mass is 9.79. The van der Waals surface area contributed by atoms with E-state index in [-0.39, 0.29) is 17.1 Å². The molecule has 0 aliphatic carbocycles. The van der Waals surface area contributed by atoms with E-state index >= 15 is 0 Å². The van der Waals surface area contributed by atoms with Gasteiger partial charge in [0.1, 0.15) is 0 Å². The average molecular weight is 346 g/mol. The molecule has 0 saturated heterocycles. The van der Waals surface area contributed by atoms with E-state index in [1.165, 1.54) is 24.3 Å². The van der Waals surface area contributed by atoms with Crippen molar-refractivity contribution in [3.63, 3.8) is 0 Å². The highest BCUT2D eigenvalue weighted by Crippen LogP contribution is 2.21. The van der Waals surface area contributed by atoms with Crippen molar-refractivity contribution in [2.45, 2.75) is 11.5 Å². The summed E-state index contributed by atoms with van der Waals surface area (Å²) in [6, 6.07) is 8.89. The minimum Gasteiger partial charge on any atom is -0.423 e. The number of hydrogen-bond acceptors (Lipinski definition) is 6. The van der Waals surface area contributed by atoms with Gasteiger partial charge in [0.25, 0.3) is 10.0 Å². The summed E-state index contributed by atoms with van der Waals surface area (Å²) in [5.74, 6) is -0.653. The molecular weight excluding hydrogens is 335 g/mol. The van der Waals surface area contributed by atoms with Crippen molar-refractivity contribution < 1.29 is 22.5 Å². The lowest BCUT2D eigenvalue weighted by molar-refractivity contribution is 0.275. The number of nitrogens with one attached hydrogen (secondary N) is 2. The van der Waals surface area contributed by atoms with Gasteiger partial charge in [0.2, 0.25) is 0 Å². The highest BCUT2D eigenvalue weighted by molar-refractivity contribution is 7.92. The van der Waals surface area contributed by atoms with Crippen LogP contribution in [0.4, 0.5) is 5.69 Å². The number of fused-ring (bicyclic) bond motifs is 2. The second kappa shape index (κ2) is 5.23. The van der Waals surface area contributed by atoms with Crippen LogP contribution in [0, 0.1) is 0 Å². The Balaban J connectivity index is 1.69. The molecule has 1 aromatic heterocycles. The van der Waals surface area contributed by atoms with Crippen LogP contribution in [0.25, 0.3) is 11.1 Å². The number of aromatic nitrogens is 1. The van der Waals surface area contributed by atoms with Crippen LogP contribution >= 0.6 is 0 Å². The fourth-order valence-electron chi connectivity index (χ4n) is 2.59. The van der Waals surface area contributed by atoms with Crippen molar-refractivity contribution in [3.8, 4) is 0 Å². The summed E-state index contributed by atoms with van der Waals surface area (Å²) in [6.07, 6.45) is 0. The summed E-state index contributed by atoms with van der Waals surface area (Å²) in [6.45, 7) is 0.284. The normalized spacial score (nSPS) is 14.1. The predicted octanol–water partition coefficient (Wildman–Crippen LogP) is 0.140. The van der Waals surface area contributed by atoms with E-state index in [1.54, 1.807) is 12.1 Å². The third kappa shape index (κ3) is 2.50. The molecule has 0 saturated carbocycles. The first-order chi connectivity index (χ1) is 11.4. The van der Waals surface area contributed by atoms with Gasteiger partial charge in [-0.1, -0.05) is 6.07 Å². The zero-order valence-corrected chi connectivity index (χ0v) is 13.0. The Bertz CT molecular complexity index is 1100. The maximum atomic E-state index is 12.5. The minimum absolute atomic E-state index is 0.0463. The van der Waals surface area contributed by atoms with Crippen LogP contribution in [0.1, 0.15) is 5.56 Å². The Kier molecular flexibility index (Phi) is 3.27. The largest absolute Gasteiger partial charge is 0.491 e. The molecule has 1 aliphatic rings. The molecule has 4 rings (SSSR count). The zero-order chi connectivity index (χ0) is 16.9. The Morgan fingerprint density at radius 1 is 1.21 bits per heavy atom. The van der Waals surface area contributed by atoms with Crippen molar-refractivity contribution in [3.05, 3.63) is 52.5 Å². The van der Waals surface area contributed by atoms with Crippen LogP contribution in [-0.2, 0) is 21.3 Å². The first-order valence-electron chi connectivity index (χ1n) is 7.00. The van der Waals surface area contributed by atoms with Crippen molar-refractivity contribution >= 4 is 39.4 Å². The first kappa shape index (κ1) is 15.0. The molecule has 10 heteroatoms. The third-order valence-electron chi connectivity index (χ3n) is 3.76. The molecule has 3 aromatic rings. The fraction of sp³-hybridized carbons (Fsp3) is 0.0714. The van der Waals surface area contributed by atoms with Gasteiger partial charge in [0.05, 0.1) is 17.0 Å². The average Bonchev–Trinajstić information content (AvgIpc) is 3.08. The number of anilines is 1. The summed E-state index contributed by atoms with van der Waals surface area (Å²) in [7, 11) is -4.94. The summed E-state index contributed by atoms with van der Waals surface area (Å²) in [5, 5.41) is 9.70. The Morgan fingerprint density at radius 2 is 2.04 bits per heavy atom. The van der Waals surface area contributed by atoms with Gasteiger partial charge in [0, 0.05) is 11.8 Å². The third-order valence-corrected chi connectivity index (χ3v) is 5.14. The number of H-pyrrole nitrogens is 1. The number of benzene rings is 2. The Hall–Kier alpha value is -2.56. The van der Waals surface area contributed by atoms with Gasteiger partial charge >= 0.3 is 12.9 Å². The van der Waals surface area contributed by atoms with Crippen LogP contribution in [0.5, 0.6) is 0 Å². The van der Waals surface area contributed by atoms with Crippen LogP contribution in [0.15, 0.2) is 50.5 Å². The van der Waals surface area contributed by atoms with Gasteiger partial charge in [-0.15, -0.1) is 0 Å². The Labute approximate surface area is 136 Å². The van der Waals surface area contributed by atoms with E-state index in [4.69, 9.17) is 9.07 Å². The molecule has 2 aromatic carbocycles. The van der Waals surface area contributed by atoms with Gasteiger partial charge in [-0.25, -0.2) is 13.2 Å². The highest BCUT2D eigenvalue weighted by Gasteiger charge is 2.28. The smallest absolute Gasteiger partial charge is 0.423 e. The predicted molar refractivity (Wildman–Crippen MR) is 86.5 cm³/mol. The van der Waals surface area contributed by atoms with Crippen LogP contribution in [-0.4, -0.2) is 25.5 Å². The Morgan fingerprint density at radius 3 is 2.88 bits per heavy atom. The standard InChI is InChI=1S/C14H11BN2O6S/c18-14-16-12-4-3-10(6-13(12)23-14)24(20,21)17-9-2-1-8-7-22-15(19)11(8)5-9/h1-6,17,19H,7H2,(H,16,18). The van der Waals surface area contributed by atoms with Crippen LogP contribution in [0.2, 0.25) is 0 Å². The second-order valence-corrected chi connectivity index (χ2v) is 7.04. The highest BCUT2D eigenvalue weighted by atomic mass is 32.2. The lowest BCUT2D eigenvalue weighted by Gasteiger charge is -2.09. The monoisotopic (exact) mass is 346 g/mol. The van der Waals surface area contributed by atoms with Gasteiger partial charge in [0.15, 0.2) is 5.58 Å². The topological polar surface area (TPSA) is 122 Å². The number of oxazole rings is 1. The molecule has 1 aliphatic heterocycles. The first-order valence-corrected chi connectivity index (χ1v) is 8.49. The number of sulfonamides is 1. The summed E-state index contributed by atoms with van der Waals surface area (Å²) in [5.41, 5.74) is 2.20. The van der Waals surface area contributed by atoms with Crippen molar-refractivity contribution in [1.29, 1.82) is 0 Å². The van der Waals surface area contributed by atoms with Crippen LogP contribution < -0.4 is 15.9 Å². The number of hydrogen-bond donors (Lipinski definition) is 3. The maximum Gasteiger partial charge on any atom is 0.491 e. The zero-order valence-electron chi connectivity index (χ0n) is 12.1. The summed E-state index contributed by atoms with van der Waals surface area (Å²) < 4.78 is 37.4. The maximum absolute atomic E-state index is 12.5. The minimum atomic E-state index is -3.88. The fourth-order valence-corrected chi connectivity index (χ4v) is 3.65. The quantitative estimate of drug-likeness (QED) is 0.580. The van der Waals surface area contributed by atoms with E-state index in [0.717, 1.165) is 5.56 Å². The van der Waals surface area contributed by atoms with Gasteiger partial charge < -0.3 is 14.1 Å². The summed E-state index contributed by atoms with van der Waals surface area (Å²) >= 11 is 0. The lowest BCUT2D eigenvalue weighted by Crippen LogP contribution is -2.28. The molecule has 24 heavy (non-hydrogen) atoms. The van der Waals surface area contributed by atoms with E-state index in [2.05, 4.69) is 9.71 Å². The van der Waals surface area contributed by atoms with Gasteiger partial charge in [-0.2, -0.15) is 0 Å². The molecule has 2 heterocycles. The van der Waals surface area contributed by atoms with Gasteiger partial charge in [-0.05, 0) is 35.3 Å². The van der Waals surface area contributed by atoms with Crippen LogP contribution in [0.3, 0.4) is 0 Å². The molecular formula is C14H11BN2O6S. The van der Waals surface area contributed by atoms with E-state index in [0.29, 0.717) is 16.7 Å². The molecule has 8 nitrogen and oxygen atoms in total. The molecule has 3 N–H and O–H groups in total. The van der Waals surface area contributed by atoms with Crippen molar-refractivity contribution in [1.82, 2.24) is 4.98 Å². The van der Waals surface area contributed by atoms with E-state index in [1.807, 2.05) is 0 Å². The summed E-state index contributed by atoms with van der Waals surface area (Å²) in [4.78, 5) is 13.6. The van der Waals surface area contributed by atoms with Crippen molar-refractivity contribution in [2.75, 3.05) is 4.72 Å². The molecule has 122 valence electrons. The van der Waals surface area contributed by atoms with E-state index < -0.39 is 22.9 Å².